The fourth-order valence-electron chi connectivity index (χ4n) is 2.34. The fourth-order valence-corrected chi connectivity index (χ4v) is 2.44. The second kappa shape index (κ2) is 4.53. The molecule has 5 heteroatoms. The highest BCUT2D eigenvalue weighted by atomic mass is 32.1. The normalized spacial score (nSPS) is 24.2. The molecular weight excluding hydrogens is 236 g/mol. The van der Waals surface area contributed by atoms with Crippen LogP contribution in [0.15, 0.2) is 0 Å². The van der Waals surface area contributed by atoms with Crippen LogP contribution in [0.5, 0.6) is 0 Å². The van der Waals surface area contributed by atoms with Crippen LogP contribution in [0.1, 0.15) is 34.6 Å². The molecule has 0 aromatic heterocycles. The summed E-state index contributed by atoms with van der Waals surface area (Å²) < 4.78 is 5.92. The largest absolute Gasteiger partial charge is 0.393 e. The first-order valence-electron chi connectivity index (χ1n) is 5.82. The summed E-state index contributed by atoms with van der Waals surface area (Å²) in [5.74, 6) is -0.420. The number of hydrogen-bond donors (Lipinski definition) is 1. The van der Waals surface area contributed by atoms with Crippen molar-refractivity contribution < 1.29 is 9.53 Å². The standard InChI is InChI=1S/C12H22N2O2S/c1-8(9(13)17)10(15)14-6-11(2,3)16-12(4,5)7-14/h8H,6-7H2,1-5H3,(H2,13,17). The van der Waals surface area contributed by atoms with Gasteiger partial charge in [-0.15, -0.1) is 0 Å². The van der Waals surface area contributed by atoms with Crippen molar-refractivity contribution in [1.82, 2.24) is 4.90 Å². The van der Waals surface area contributed by atoms with Crippen LogP contribution in [0.2, 0.25) is 0 Å². The molecule has 1 aliphatic rings. The minimum atomic E-state index is -0.408. The molecule has 0 bridgehead atoms. The van der Waals surface area contributed by atoms with Crippen LogP contribution < -0.4 is 5.73 Å². The summed E-state index contributed by atoms with van der Waals surface area (Å²) >= 11 is 4.88. The highest BCUT2D eigenvalue weighted by molar-refractivity contribution is 7.80. The van der Waals surface area contributed by atoms with E-state index in [0.29, 0.717) is 13.1 Å². The van der Waals surface area contributed by atoms with Crippen LogP contribution in [0.4, 0.5) is 0 Å². The van der Waals surface area contributed by atoms with Crippen molar-refractivity contribution in [2.45, 2.75) is 45.8 Å². The third kappa shape index (κ3) is 3.64. The summed E-state index contributed by atoms with van der Waals surface area (Å²) in [4.78, 5) is 14.3. The van der Waals surface area contributed by atoms with Crippen LogP contribution in [0.3, 0.4) is 0 Å². The lowest BCUT2D eigenvalue weighted by molar-refractivity contribution is -0.188. The number of carbonyl (C=O) groups is 1. The molecule has 1 amide bonds. The number of morpholine rings is 1. The van der Waals surface area contributed by atoms with Gasteiger partial charge in [-0.25, -0.2) is 0 Å². The number of thiocarbonyl (C=S) groups is 1. The fraction of sp³-hybridized carbons (Fsp3) is 0.833. The van der Waals surface area contributed by atoms with Gasteiger partial charge in [-0.2, -0.15) is 0 Å². The topological polar surface area (TPSA) is 55.6 Å². The Kier molecular flexibility index (Phi) is 3.84. The van der Waals surface area contributed by atoms with Crippen LogP contribution >= 0.6 is 12.2 Å². The van der Waals surface area contributed by atoms with E-state index in [9.17, 15) is 4.79 Å². The predicted octanol–water partition coefficient (Wildman–Crippen LogP) is 1.32. The smallest absolute Gasteiger partial charge is 0.232 e. The van der Waals surface area contributed by atoms with Crippen molar-refractivity contribution in [2.75, 3.05) is 13.1 Å². The predicted molar refractivity (Wildman–Crippen MR) is 71.8 cm³/mol. The Balaban J connectivity index is 2.84. The lowest BCUT2D eigenvalue weighted by atomic mass is 9.97. The summed E-state index contributed by atoms with van der Waals surface area (Å²) in [7, 11) is 0. The van der Waals surface area contributed by atoms with Crippen molar-refractivity contribution in [3.8, 4) is 0 Å². The van der Waals surface area contributed by atoms with E-state index in [1.165, 1.54) is 0 Å². The molecule has 1 atom stereocenters. The summed E-state index contributed by atoms with van der Waals surface area (Å²) in [6, 6.07) is 0. The SMILES string of the molecule is CC(C(=O)N1CC(C)(C)OC(C)(C)C1)C(N)=S. The van der Waals surface area contributed by atoms with Gasteiger partial charge in [0.05, 0.1) is 22.1 Å². The van der Waals surface area contributed by atoms with Crippen LogP contribution in [0, 0.1) is 5.92 Å². The quantitative estimate of drug-likeness (QED) is 0.759. The van der Waals surface area contributed by atoms with Gasteiger partial charge < -0.3 is 15.4 Å². The average Bonchev–Trinajstić information content (AvgIpc) is 2.10. The number of hydrogen-bond acceptors (Lipinski definition) is 3. The van der Waals surface area contributed by atoms with E-state index in [-0.39, 0.29) is 22.1 Å². The van der Waals surface area contributed by atoms with E-state index in [0.717, 1.165) is 0 Å². The summed E-state index contributed by atoms with van der Waals surface area (Å²) in [6.45, 7) is 10.8. The molecule has 0 saturated carbocycles. The number of nitrogens with zero attached hydrogens (tertiary/aromatic N) is 1. The summed E-state index contributed by atoms with van der Waals surface area (Å²) in [6.07, 6.45) is 0. The van der Waals surface area contributed by atoms with Gasteiger partial charge in [0.2, 0.25) is 5.91 Å². The first kappa shape index (κ1) is 14.4. The van der Waals surface area contributed by atoms with Gasteiger partial charge >= 0.3 is 0 Å². The monoisotopic (exact) mass is 258 g/mol. The zero-order valence-electron chi connectivity index (χ0n) is 11.2. The van der Waals surface area contributed by atoms with Crippen LogP contribution in [0.25, 0.3) is 0 Å². The molecule has 0 aromatic rings. The average molecular weight is 258 g/mol. The van der Waals surface area contributed by atoms with Gasteiger partial charge in [0.15, 0.2) is 0 Å². The molecule has 1 unspecified atom stereocenters. The summed E-state index contributed by atoms with van der Waals surface area (Å²) in [5.41, 5.74) is 4.85. The Morgan fingerprint density at radius 1 is 1.29 bits per heavy atom. The highest BCUT2D eigenvalue weighted by Crippen LogP contribution is 2.28. The number of carbonyl (C=O) groups excluding carboxylic acids is 1. The maximum absolute atomic E-state index is 12.2. The molecular formula is C12H22N2O2S. The zero-order valence-corrected chi connectivity index (χ0v) is 12.1. The molecule has 1 heterocycles. The number of amides is 1. The van der Waals surface area contributed by atoms with Crippen LogP contribution in [-0.2, 0) is 9.53 Å². The van der Waals surface area contributed by atoms with Crippen molar-refractivity contribution >= 4 is 23.1 Å². The lowest BCUT2D eigenvalue weighted by Gasteiger charge is -2.47. The molecule has 1 fully saturated rings. The van der Waals surface area contributed by atoms with E-state index in [2.05, 4.69) is 0 Å². The van der Waals surface area contributed by atoms with Gasteiger partial charge in [-0.05, 0) is 34.6 Å². The molecule has 0 aromatic carbocycles. The van der Waals surface area contributed by atoms with Crippen molar-refractivity contribution in [2.24, 2.45) is 11.7 Å². The Bertz CT molecular complexity index is 323. The third-order valence-corrected chi connectivity index (χ3v) is 3.16. The second-order valence-electron chi connectivity index (χ2n) is 5.94. The second-order valence-corrected chi connectivity index (χ2v) is 6.41. The van der Waals surface area contributed by atoms with Gasteiger partial charge in [-0.3, -0.25) is 4.79 Å². The Morgan fingerprint density at radius 2 is 1.71 bits per heavy atom. The molecule has 98 valence electrons. The van der Waals surface area contributed by atoms with Crippen LogP contribution in [-0.4, -0.2) is 40.1 Å². The Hall–Kier alpha value is -0.680. The molecule has 1 rings (SSSR count). The van der Waals surface area contributed by atoms with Gasteiger partial charge in [0.25, 0.3) is 0 Å². The lowest BCUT2D eigenvalue weighted by Crippen LogP contribution is -2.60. The Labute approximate surface area is 108 Å². The molecule has 2 N–H and O–H groups in total. The summed E-state index contributed by atoms with van der Waals surface area (Å²) in [5, 5.41) is 0. The highest BCUT2D eigenvalue weighted by Gasteiger charge is 2.41. The zero-order chi connectivity index (χ0) is 13.4. The minimum Gasteiger partial charge on any atom is -0.393 e. The number of nitrogens with two attached hydrogens (primary N) is 1. The van der Waals surface area contributed by atoms with Gasteiger partial charge in [0.1, 0.15) is 0 Å². The van der Waals surface area contributed by atoms with E-state index < -0.39 is 5.92 Å². The molecule has 0 radical (unpaired) electrons. The molecule has 4 nitrogen and oxygen atoms in total. The van der Waals surface area contributed by atoms with E-state index >= 15 is 0 Å². The van der Waals surface area contributed by atoms with E-state index in [4.69, 9.17) is 22.7 Å². The van der Waals surface area contributed by atoms with Gasteiger partial charge in [0, 0.05) is 13.1 Å². The molecule has 1 aliphatic heterocycles. The van der Waals surface area contributed by atoms with E-state index in [1.54, 1.807) is 11.8 Å². The van der Waals surface area contributed by atoms with Gasteiger partial charge in [-0.1, -0.05) is 12.2 Å². The maximum atomic E-state index is 12.2. The first-order chi connectivity index (χ1) is 7.54. The van der Waals surface area contributed by atoms with E-state index in [1.807, 2.05) is 27.7 Å². The maximum Gasteiger partial charge on any atom is 0.232 e. The molecule has 0 aliphatic carbocycles. The third-order valence-electron chi connectivity index (χ3n) is 2.80. The van der Waals surface area contributed by atoms with Crippen molar-refractivity contribution in [1.29, 1.82) is 0 Å². The first-order valence-corrected chi connectivity index (χ1v) is 6.23. The number of ether oxygens (including phenoxy) is 1. The Morgan fingerprint density at radius 3 is 2.06 bits per heavy atom. The molecule has 0 spiro atoms. The minimum absolute atomic E-state index is 0.0121. The van der Waals surface area contributed by atoms with Crippen molar-refractivity contribution in [3.63, 3.8) is 0 Å². The van der Waals surface area contributed by atoms with Crippen molar-refractivity contribution in [3.05, 3.63) is 0 Å². The molecule has 17 heavy (non-hydrogen) atoms. The molecule has 1 saturated heterocycles. The number of rotatable bonds is 2.